The number of unbranched alkanes of at least 4 members (excludes halogenated alkanes) is 2. The molecule has 0 aromatic heterocycles. The molecule has 0 aromatic carbocycles. The van der Waals surface area contributed by atoms with E-state index in [4.69, 9.17) is 28.7 Å². The van der Waals surface area contributed by atoms with Gasteiger partial charge in [0.25, 0.3) is 0 Å². The van der Waals surface area contributed by atoms with Crippen LogP contribution in [0.3, 0.4) is 0 Å². The van der Waals surface area contributed by atoms with Crippen LogP contribution in [0.5, 0.6) is 0 Å². The van der Waals surface area contributed by atoms with Crippen LogP contribution in [0.2, 0.25) is 0 Å². The third kappa shape index (κ3) is 66.8. The molecule has 0 heterocycles. The highest BCUT2D eigenvalue weighted by Crippen LogP contribution is 2.25. The maximum Gasteiger partial charge on any atom is 0.0110 e. The van der Waals surface area contributed by atoms with Gasteiger partial charge in [-0.1, -0.05) is 92.4 Å². The minimum Gasteiger partial charge on any atom is -0.329 e. The molecule has 0 aliphatic heterocycles. The second kappa shape index (κ2) is 84.4. The van der Waals surface area contributed by atoms with Gasteiger partial charge in [-0.3, -0.25) is 34.3 Å². The third-order valence-electron chi connectivity index (χ3n) is 25.6. The van der Waals surface area contributed by atoms with Crippen LogP contribution in [0.1, 0.15) is 157 Å². The molecule has 5 aliphatic rings. The molecule has 0 bridgehead atoms. The van der Waals surface area contributed by atoms with Crippen LogP contribution in [-0.4, -0.2) is 485 Å². The fraction of sp³-hybridized carbons (Fsp3) is 1.00. The number of nitrogens with one attached hydrogen (secondary N) is 14. The summed E-state index contributed by atoms with van der Waals surface area (Å²) in [5, 5.41) is 50.9. The van der Waals surface area contributed by atoms with Crippen molar-refractivity contribution in [3.8, 4) is 0 Å². The first-order valence-corrected chi connectivity index (χ1v) is 50.9. The summed E-state index contributed by atoms with van der Waals surface area (Å²) in [7, 11) is 4.52. The number of nitrogens with zero attached hydrogens (tertiary/aromatic N) is 11. The molecule has 5 rings (SSSR count). The topological polar surface area (TPSA) is 334 Å². The van der Waals surface area contributed by atoms with Crippen molar-refractivity contribution in [3.05, 3.63) is 0 Å². The number of rotatable bonds is 91. The largest absolute Gasteiger partial charge is 0.329 e. The zero-order valence-corrected chi connectivity index (χ0v) is 80.6. The molecule has 722 valence electrons. The molecule has 0 unspecified atom stereocenters. The lowest BCUT2D eigenvalue weighted by Gasteiger charge is -2.37. The number of hydrogen-bond acceptors (Lipinski definition) is 30. The highest BCUT2D eigenvalue weighted by atomic mass is 15.3. The van der Waals surface area contributed by atoms with Crippen molar-refractivity contribution >= 4 is 0 Å². The Hall–Kier alpha value is -1.20. The molecule has 0 atom stereocenters. The normalized spacial score (nSPS) is 15.7. The summed E-state index contributed by atoms with van der Waals surface area (Å²) in [4.78, 5) is 28.5. The van der Waals surface area contributed by atoms with E-state index in [1.54, 1.807) is 0 Å². The zero-order chi connectivity index (χ0) is 87.0. The smallest absolute Gasteiger partial charge is 0.0110 e. The molecule has 0 radical (unpaired) electrons. The van der Waals surface area contributed by atoms with Crippen LogP contribution in [0.15, 0.2) is 0 Å². The van der Waals surface area contributed by atoms with Gasteiger partial charge in [0, 0.05) is 391 Å². The minimum absolute atomic E-state index is 0.679. The summed E-state index contributed by atoms with van der Waals surface area (Å²) in [6.45, 7) is 72.5. The first-order valence-electron chi connectivity index (χ1n) is 50.9. The lowest BCUT2D eigenvalue weighted by molar-refractivity contribution is 0.128. The Morgan fingerprint density at radius 1 is 0.223 bits per heavy atom. The van der Waals surface area contributed by atoms with Crippen LogP contribution < -0.4 is 103 Å². The quantitative estimate of drug-likeness (QED) is 0.0334. The van der Waals surface area contributed by atoms with E-state index >= 15 is 0 Å². The van der Waals surface area contributed by atoms with Crippen LogP contribution in [-0.2, 0) is 0 Å². The molecule has 0 saturated heterocycles. The maximum atomic E-state index is 6.21. The molecule has 0 spiro atoms. The van der Waals surface area contributed by atoms with Gasteiger partial charge in [-0.2, -0.15) is 0 Å². The Labute approximate surface area is 746 Å². The van der Waals surface area contributed by atoms with E-state index < -0.39 is 0 Å². The molecular weight excluding hydrogens is 1510 g/mol. The van der Waals surface area contributed by atoms with Gasteiger partial charge in [0.15, 0.2) is 0 Å². The molecule has 5 saturated carbocycles. The lowest BCUT2D eigenvalue weighted by Crippen LogP contribution is -2.47. The average Bonchev–Trinajstić information content (AvgIpc) is 0.873. The first-order chi connectivity index (χ1) is 59.5. The van der Waals surface area contributed by atoms with Gasteiger partial charge in [-0.25, -0.2) is 0 Å². The van der Waals surface area contributed by atoms with Crippen molar-refractivity contribution in [1.29, 1.82) is 0 Å². The van der Waals surface area contributed by atoms with E-state index in [2.05, 4.69) is 177 Å². The van der Waals surface area contributed by atoms with Crippen molar-refractivity contribution < 1.29 is 0 Å². The molecule has 0 aromatic rings. The van der Waals surface area contributed by atoms with E-state index in [9.17, 15) is 0 Å². The molecule has 30 nitrogen and oxygen atoms in total. The van der Waals surface area contributed by atoms with E-state index in [0.29, 0.717) is 26.2 Å². The van der Waals surface area contributed by atoms with E-state index in [0.717, 1.165) is 370 Å². The fourth-order valence-corrected chi connectivity index (χ4v) is 15.7. The highest BCUT2D eigenvalue weighted by molar-refractivity contribution is 4.84. The average molecular weight is 1720 g/mol. The van der Waals surface area contributed by atoms with Crippen molar-refractivity contribution in [2.75, 3.05) is 407 Å². The predicted molar refractivity (Wildman–Crippen MR) is 524 cm³/mol. The van der Waals surface area contributed by atoms with E-state index in [1.807, 2.05) is 0 Å². The van der Waals surface area contributed by atoms with Crippen LogP contribution in [0.25, 0.3) is 0 Å². The van der Waals surface area contributed by atoms with Gasteiger partial charge < -0.3 is 123 Å². The maximum absolute atomic E-state index is 6.21. The predicted octanol–water partition coefficient (Wildman–Crippen LogP) is -0.741. The molecule has 5 aliphatic carbocycles. The zero-order valence-electron chi connectivity index (χ0n) is 80.6. The third-order valence-corrected chi connectivity index (χ3v) is 25.6. The SMILES string of the molecule is CC1CCC1.CCCCN(CCN)CCN(CCN)CCN(CCN)CCNCCN(CCNCCNCCNCC)CCN(C)CCNCCNCCN.CCCCN(CCNC1CCC1)CCN(CCNC1CCC1)CCN(CCN)CCNCCN(CCNCCN(CCNCC)C1CCC1)CCN(C)CCNCCNCCNC1CCC1. The Kier molecular flexibility index (Phi) is 79.5. The van der Waals surface area contributed by atoms with Crippen LogP contribution in [0, 0.1) is 5.92 Å². The monoisotopic (exact) mass is 1720 g/mol. The van der Waals surface area contributed by atoms with E-state index in [-0.39, 0.29) is 0 Å². The van der Waals surface area contributed by atoms with Gasteiger partial charge in [-0.15, -0.1) is 0 Å². The summed E-state index contributed by atoms with van der Waals surface area (Å²) in [5.74, 6) is 1.06. The molecule has 0 amide bonds. The second-order valence-corrected chi connectivity index (χ2v) is 35.8. The Bertz CT molecular complexity index is 2090. The van der Waals surface area contributed by atoms with Crippen molar-refractivity contribution in [2.45, 2.75) is 181 Å². The van der Waals surface area contributed by atoms with E-state index in [1.165, 1.54) is 148 Å². The summed E-state index contributed by atoms with van der Waals surface area (Å²) >= 11 is 0. The molecule has 24 N–H and O–H groups in total. The summed E-state index contributed by atoms with van der Waals surface area (Å²) in [6.07, 6.45) is 26.0. The van der Waals surface area contributed by atoms with Gasteiger partial charge in [0.05, 0.1) is 0 Å². The number of nitrogens with two attached hydrogens (primary N) is 5. The van der Waals surface area contributed by atoms with Gasteiger partial charge >= 0.3 is 0 Å². The molecule has 5 fully saturated rings. The van der Waals surface area contributed by atoms with Gasteiger partial charge in [0.1, 0.15) is 0 Å². The summed E-state index contributed by atoms with van der Waals surface area (Å²) < 4.78 is 0. The first kappa shape index (κ1) is 114. The van der Waals surface area contributed by atoms with Gasteiger partial charge in [-0.05, 0) is 110 Å². The lowest BCUT2D eigenvalue weighted by atomic mass is 9.88. The Morgan fingerprint density at radius 3 is 0.777 bits per heavy atom. The summed E-state index contributed by atoms with van der Waals surface area (Å²) in [5.41, 5.74) is 29.7. The Balaban J connectivity index is 0.000000611. The second-order valence-electron chi connectivity index (χ2n) is 35.8. The Morgan fingerprint density at radius 2 is 0.463 bits per heavy atom. The highest BCUT2D eigenvalue weighted by Gasteiger charge is 2.25. The van der Waals surface area contributed by atoms with Crippen LogP contribution in [0.4, 0.5) is 0 Å². The molecule has 30 heteroatoms. The van der Waals surface area contributed by atoms with Gasteiger partial charge in [0.2, 0.25) is 0 Å². The van der Waals surface area contributed by atoms with Crippen molar-refractivity contribution in [3.63, 3.8) is 0 Å². The molecular formula is C91H208N30. The van der Waals surface area contributed by atoms with Crippen molar-refractivity contribution in [2.24, 2.45) is 34.6 Å². The number of hydrogen-bond donors (Lipinski definition) is 19. The standard InChI is InChI=1S/C51H111N15.C35H87N15.C5H10/c1-4-6-32-62(38-30-59-49-13-8-14-49)44-46-65(39-31-60-50-15-9-16-50)47-45-63(33-19-52)35-25-56-26-36-64(37-27-57-29-41-66(40-28-53-5-2)51-17-10-18-51)43-42-61(3)34-24-55-21-20-54-22-23-58-48-11-7-12-48;1-4-6-22-47(23-8-37)32-34-49(25-10-39)35-33-48(24-9-38)27-20-45-21-29-50(28-19-44-17-15-42-13-12-40-5-2)31-30-46(3)26-18-43-16-14-41-11-7-36;1-5-3-2-4-5/h48-51,53-60H,4-47,52H2,1-3H3;40-45H,4-39H2,1-3H3;5H,2-4H2,1H3. The minimum atomic E-state index is 0.679. The fourth-order valence-electron chi connectivity index (χ4n) is 15.7. The number of likely N-dealkylation sites (N-methyl/N-ethyl adjacent to an activating group) is 4. The van der Waals surface area contributed by atoms with Crippen molar-refractivity contribution in [1.82, 2.24) is 128 Å². The van der Waals surface area contributed by atoms with Crippen LogP contribution >= 0.6 is 0 Å². The summed E-state index contributed by atoms with van der Waals surface area (Å²) in [6, 6.07) is 3.10. The molecule has 121 heavy (non-hydrogen) atoms.